The Balaban J connectivity index is 1.83. The highest BCUT2D eigenvalue weighted by atomic mass is 79.9. The molecule has 5 heteroatoms. The first-order chi connectivity index (χ1) is 9.58. The molecule has 0 fully saturated rings. The van der Waals surface area contributed by atoms with Gasteiger partial charge < -0.3 is 9.64 Å². The maximum atomic E-state index is 12.2. The summed E-state index contributed by atoms with van der Waals surface area (Å²) < 4.78 is 6.64. The molecule has 0 N–H and O–H groups in total. The number of carbonyl (C=O) groups excluding carboxylic acids is 1. The third-order valence-electron chi connectivity index (χ3n) is 2.91. The van der Waals surface area contributed by atoms with Crippen LogP contribution in [0.3, 0.4) is 0 Å². The van der Waals surface area contributed by atoms with Crippen LogP contribution in [-0.4, -0.2) is 31.0 Å². The van der Waals surface area contributed by atoms with Gasteiger partial charge in [0, 0.05) is 11.5 Å². The number of amides is 1. The highest BCUT2D eigenvalue weighted by Gasteiger charge is 2.15. The first-order valence-corrected chi connectivity index (χ1v) is 7.93. The first kappa shape index (κ1) is 15.1. The average Bonchev–Trinajstić information content (AvgIpc) is 2.86. The number of ether oxygens (including phenoxy) is 1. The molecule has 0 spiro atoms. The van der Waals surface area contributed by atoms with Crippen molar-refractivity contribution in [3.8, 4) is 5.75 Å². The number of thiophene rings is 1. The van der Waals surface area contributed by atoms with E-state index in [1.807, 2.05) is 42.6 Å². The summed E-state index contributed by atoms with van der Waals surface area (Å²) in [5.41, 5.74) is 1.03. The number of nitrogens with zero attached hydrogens (tertiary/aromatic N) is 1. The van der Waals surface area contributed by atoms with Crippen LogP contribution >= 0.6 is 27.3 Å². The topological polar surface area (TPSA) is 29.5 Å². The van der Waals surface area contributed by atoms with E-state index >= 15 is 0 Å². The van der Waals surface area contributed by atoms with Gasteiger partial charge in [0.15, 0.2) is 0 Å². The number of carbonyl (C=O) groups is 1. The molecule has 0 bridgehead atoms. The fourth-order valence-electron chi connectivity index (χ4n) is 1.70. The average molecular weight is 354 g/mol. The summed E-state index contributed by atoms with van der Waals surface area (Å²) in [6, 6.07) is 9.62. The van der Waals surface area contributed by atoms with Crippen molar-refractivity contribution in [2.45, 2.75) is 6.92 Å². The number of benzene rings is 1. The highest BCUT2D eigenvalue weighted by molar-refractivity contribution is 9.10. The number of hydrogen-bond acceptors (Lipinski definition) is 3. The summed E-state index contributed by atoms with van der Waals surface area (Å²) in [5.74, 6) is 0.859. The third kappa shape index (κ3) is 3.84. The monoisotopic (exact) mass is 353 g/mol. The number of likely N-dealkylation sites (N-methyl/N-ethyl adjacent to an activating group) is 1. The Labute approximate surface area is 131 Å². The molecule has 3 nitrogen and oxygen atoms in total. The van der Waals surface area contributed by atoms with Gasteiger partial charge in [0.05, 0.1) is 11.4 Å². The van der Waals surface area contributed by atoms with Crippen LogP contribution in [-0.2, 0) is 0 Å². The number of halogens is 1. The van der Waals surface area contributed by atoms with Gasteiger partial charge in [-0.2, -0.15) is 0 Å². The first-order valence-electron chi connectivity index (χ1n) is 6.26. The van der Waals surface area contributed by atoms with Crippen molar-refractivity contribution in [1.29, 1.82) is 0 Å². The second kappa shape index (κ2) is 6.90. The van der Waals surface area contributed by atoms with Crippen LogP contribution in [0.5, 0.6) is 5.75 Å². The van der Waals surface area contributed by atoms with Crippen molar-refractivity contribution >= 4 is 33.2 Å². The molecule has 1 heterocycles. The second-order valence-corrected chi connectivity index (χ2v) is 6.29. The van der Waals surface area contributed by atoms with Gasteiger partial charge in [-0.05, 0) is 48.2 Å². The molecule has 20 heavy (non-hydrogen) atoms. The van der Waals surface area contributed by atoms with Crippen LogP contribution in [0.25, 0.3) is 0 Å². The van der Waals surface area contributed by atoms with Crippen LogP contribution in [0.4, 0.5) is 0 Å². The lowest BCUT2D eigenvalue weighted by molar-refractivity contribution is 0.0778. The summed E-state index contributed by atoms with van der Waals surface area (Å²) in [6.07, 6.45) is 0. The van der Waals surface area contributed by atoms with Crippen molar-refractivity contribution in [3.05, 3.63) is 50.6 Å². The predicted molar refractivity (Wildman–Crippen MR) is 85.7 cm³/mol. The van der Waals surface area contributed by atoms with Crippen molar-refractivity contribution in [3.63, 3.8) is 0 Å². The number of rotatable bonds is 5. The molecule has 106 valence electrons. The Kier molecular flexibility index (Phi) is 5.20. The zero-order valence-corrected chi connectivity index (χ0v) is 13.8. The smallest absolute Gasteiger partial charge is 0.264 e. The molecule has 0 unspecified atom stereocenters. The van der Waals surface area contributed by atoms with Crippen LogP contribution < -0.4 is 4.74 Å². The molecular formula is C15H16BrNO2S. The lowest BCUT2D eigenvalue weighted by atomic mass is 10.3. The van der Waals surface area contributed by atoms with E-state index in [2.05, 4.69) is 15.9 Å². The van der Waals surface area contributed by atoms with E-state index in [0.29, 0.717) is 13.2 Å². The fraction of sp³-hybridized carbons (Fsp3) is 0.267. The van der Waals surface area contributed by atoms with Crippen molar-refractivity contribution in [2.24, 2.45) is 0 Å². The Morgan fingerprint density at radius 1 is 1.30 bits per heavy atom. The molecule has 0 saturated carbocycles. The van der Waals surface area contributed by atoms with Gasteiger partial charge in [0.2, 0.25) is 0 Å². The standard InChI is InChI=1S/C15H16BrNO2S/c1-11-7-10-20-14(11)15(18)17(2)8-9-19-13-5-3-12(16)4-6-13/h3-7,10H,8-9H2,1-2H3. The van der Waals surface area contributed by atoms with E-state index in [4.69, 9.17) is 4.74 Å². The zero-order valence-electron chi connectivity index (χ0n) is 11.4. The van der Waals surface area contributed by atoms with E-state index in [9.17, 15) is 4.79 Å². The van der Waals surface area contributed by atoms with Crippen LogP contribution in [0.1, 0.15) is 15.2 Å². The lowest BCUT2D eigenvalue weighted by Crippen LogP contribution is -2.30. The van der Waals surface area contributed by atoms with E-state index in [1.54, 1.807) is 11.9 Å². The summed E-state index contributed by atoms with van der Waals surface area (Å²) in [6.45, 7) is 3.00. The molecule has 0 atom stereocenters. The molecule has 2 rings (SSSR count). The summed E-state index contributed by atoms with van der Waals surface area (Å²) >= 11 is 4.86. The zero-order chi connectivity index (χ0) is 14.5. The summed E-state index contributed by atoms with van der Waals surface area (Å²) in [4.78, 5) is 14.7. The SMILES string of the molecule is Cc1ccsc1C(=O)N(C)CCOc1ccc(Br)cc1. The summed E-state index contributed by atoms with van der Waals surface area (Å²) in [7, 11) is 1.80. The van der Waals surface area contributed by atoms with Crippen LogP contribution in [0.15, 0.2) is 40.2 Å². The van der Waals surface area contributed by atoms with E-state index in [1.165, 1.54) is 11.3 Å². The van der Waals surface area contributed by atoms with E-state index in [0.717, 1.165) is 20.7 Å². The Morgan fingerprint density at radius 3 is 2.60 bits per heavy atom. The van der Waals surface area contributed by atoms with Crippen LogP contribution in [0, 0.1) is 6.92 Å². The Morgan fingerprint density at radius 2 is 2.00 bits per heavy atom. The van der Waals surface area contributed by atoms with Gasteiger partial charge in [-0.3, -0.25) is 4.79 Å². The van der Waals surface area contributed by atoms with Crippen molar-refractivity contribution in [2.75, 3.05) is 20.2 Å². The molecule has 1 aromatic carbocycles. The van der Waals surface area contributed by atoms with E-state index < -0.39 is 0 Å². The van der Waals surface area contributed by atoms with E-state index in [-0.39, 0.29) is 5.91 Å². The van der Waals surface area contributed by atoms with Crippen LogP contribution in [0.2, 0.25) is 0 Å². The molecule has 0 radical (unpaired) electrons. The highest BCUT2D eigenvalue weighted by Crippen LogP contribution is 2.18. The maximum absolute atomic E-state index is 12.2. The molecule has 0 aliphatic heterocycles. The lowest BCUT2D eigenvalue weighted by Gasteiger charge is -2.17. The molecular weight excluding hydrogens is 338 g/mol. The normalized spacial score (nSPS) is 10.3. The quantitative estimate of drug-likeness (QED) is 0.813. The molecule has 0 aliphatic rings. The Bertz CT molecular complexity index is 580. The van der Waals surface area contributed by atoms with Gasteiger partial charge in [-0.1, -0.05) is 15.9 Å². The number of aryl methyl sites for hydroxylation is 1. The minimum atomic E-state index is 0.0527. The van der Waals surface area contributed by atoms with Crippen molar-refractivity contribution in [1.82, 2.24) is 4.90 Å². The largest absolute Gasteiger partial charge is 0.492 e. The fourth-order valence-corrected chi connectivity index (χ4v) is 2.88. The number of hydrogen-bond donors (Lipinski definition) is 0. The Hall–Kier alpha value is -1.33. The third-order valence-corrected chi connectivity index (χ3v) is 4.45. The van der Waals surface area contributed by atoms with Gasteiger partial charge in [-0.25, -0.2) is 0 Å². The molecule has 0 aliphatic carbocycles. The molecule has 1 aromatic heterocycles. The van der Waals surface area contributed by atoms with Gasteiger partial charge in [0.25, 0.3) is 5.91 Å². The van der Waals surface area contributed by atoms with Gasteiger partial charge >= 0.3 is 0 Å². The van der Waals surface area contributed by atoms with Gasteiger partial charge in [-0.15, -0.1) is 11.3 Å². The minimum absolute atomic E-state index is 0.0527. The second-order valence-electron chi connectivity index (χ2n) is 4.46. The predicted octanol–water partition coefficient (Wildman–Crippen LogP) is 3.97. The maximum Gasteiger partial charge on any atom is 0.264 e. The minimum Gasteiger partial charge on any atom is -0.492 e. The molecule has 2 aromatic rings. The summed E-state index contributed by atoms with van der Waals surface area (Å²) in [5, 5.41) is 1.94. The van der Waals surface area contributed by atoms with Gasteiger partial charge in [0.1, 0.15) is 12.4 Å². The molecule has 0 saturated heterocycles. The molecule has 1 amide bonds. The van der Waals surface area contributed by atoms with Crippen molar-refractivity contribution < 1.29 is 9.53 Å².